The van der Waals surface area contributed by atoms with Gasteiger partial charge in [-0.1, -0.05) is 29.8 Å². The fraction of sp³-hybridized carbons (Fsp3) is 0.467. The molecule has 0 saturated heterocycles. The molecule has 1 aromatic rings. The van der Waals surface area contributed by atoms with Crippen LogP contribution in [0.1, 0.15) is 33.1 Å². The summed E-state index contributed by atoms with van der Waals surface area (Å²) in [5, 5.41) is 3.65. The largest absolute Gasteiger partial charge is 0.382 e. The Kier molecular flexibility index (Phi) is 3.66. The summed E-state index contributed by atoms with van der Waals surface area (Å²) >= 11 is 0. The quantitative estimate of drug-likeness (QED) is 0.725. The van der Waals surface area contributed by atoms with E-state index in [0.717, 1.165) is 12.3 Å². The molecule has 1 nitrogen and oxygen atoms in total. The van der Waals surface area contributed by atoms with E-state index in [1.165, 1.54) is 24.1 Å². The third-order valence-corrected chi connectivity index (χ3v) is 3.10. The van der Waals surface area contributed by atoms with Crippen LogP contribution in [-0.4, -0.2) is 6.04 Å². The molecule has 1 atom stereocenters. The van der Waals surface area contributed by atoms with Crippen molar-refractivity contribution in [3.05, 3.63) is 42.0 Å². The van der Waals surface area contributed by atoms with E-state index in [0.29, 0.717) is 6.04 Å². The van der Waals surface area contributed by atoms with Gasteiger partial charge < -0.3 is 5.32 Å². The van der Waals surface area contributed by atoms with E-state index >= 15 is 0 Å². The standard InChI is InChI=1S/C15H21N/c1-12(2)8-11-15(13-9-10-13)16-14-6-4-3-5-7-14/h3-8,13,15-16H,9-11H2,1-2H3. The van der Waals surface area contributed by atoms with Gasteiger partial charge in [0.2, 0.25) is 0 Å². The predicted molar refractivity (Wildman–Crippen MR) is 70.6 cm³/mol. The number of allylic oxidation sites excluding steroid dienone is 1. The summed E-state index contributed by atoms with van der Waals surface area (Å²) in [6.45, 7) is 4.35. The van der Waals surface area contributed by atoms with Crippen LogP contribution in [0.4, 0.5) is 5.69 Å². The minimum atomic E-state index is 0.622. The summed E-state index contributed by atoms with van der Waals surface area (Å²) in [6, 6.07) is 11.2. The molecule has 1 N–H and O–H groups in total. The van der Waals surface area contributed by atoms with Gasteiger partial charge in [-0.3, -0.25) is 0 Å². The third kappa shape index (κ3) is 3.41. The first-order valence-electron chi connectivity index (χ1n) is 6.20. The molecule has 0 spiro atoms. The molecule has 0 bridgehead atoms. The molecule has 1 aliphatic rings. The molecule has 1 fully saturated rings. The van der Waals surface area contributed by atoms with Gasteiger partial charge in [-0.15, -0.1) is 0 Å². The van der Waals surface area contributed by atoms with Crippen molar-refractivity contribution >= 4 is 5.69 Å². The van der Waals surface area contributed by atoms with Crippen LogP contribution in [-0.2, 0) is 0 Å². The first-order valence-corrected chi connectivity index (χ1v) is 6.20. The average molecular weight is 215 g/mol. The number of hydrogen-bond donors (Lipinski definition) is 1. The van der Waals surface area contributed by atoms with Gasteiger partial charge in [0, 0.05) is 11.7 Å². The molecule has 1 saturated carbocycles. The molecule has 1 unspecified atom stereocenters. The van der Waals surface area contributed by atoms with Crippen LogP contribution in [0.2, 0.25) is 0 Å². The lowest BCUT2D eigenvalue weighted by atomic mass is 10.1. The highest BCUT2D eigenvalue weighted by molar-refractivity contribution is 5.44. The summed E-state index contributed by atoms with van der Waals surface area (Å²) in [6.07, 6.45) is 6.28. The summed E-state index contributed by atoms with van der Waals surface area (Å²) < 4.78 is 0. The third-order valence-electron chi connectivity index (χ3n) is 3.10. The topological polar surface area (TPSA) is 12.0 Å². The van der Waals surface area contributed by atoms with Crippen LogP contribution in [0.25, 0.3) is 0 Å². The van der Waals surface area contributed by atoms with Crippen molar-refractivity contribution in [2.24, 2.45) is 5.92 Å². The van der Waals surface area contributed by atoms with E-state index in [2.05, 4.69) is 55.6 Å². The van der Waals surface area contributed by atoms with Crippen molar-refractivity contribution in [3.63, 3.8) is 0 Å². The first-order chi connectivity index (χ1) is 7.75. The molecule has 0 amide bonds. The molecule has 2 rings (SSSR count). The van der Waals surface area contributed by atoms with Crippen LogP contribution in [0, 0.1) is 5.92 Å². The Labute approximate surface area is 98.6 Å². The molecule has 16 heavy (non-hydrogen) atoms. The fourth-order valence-electron chi connectivity index (χ4n) is 1.98. The number of rotatable bonds is 5. The number of benzene rings is 1. The van der Waals surface area contributed by atoms with E-state index in [1.807, 2.05) is 0 Å². The average Bonchev–Trinajstić information content (AvgIpc) is 3.09. The maximum absolute atomic E-state index is 3.65. The Hall–Kier alpha value is -1.24. The Morgan fingerprint density at radius 2 is 2.00 bits per heavy atom. The van der Waals surface area contributed by atoms with Gasteiger partial charge in [-0.25, -0.2) is 0 Å². The second-order valence-electron chi connectivity index (χ2n) is 4.97. The predicted octanol–water partition coefficient (Wildman–Crippen LogP) is 4.23. The molecular formula is C15H21N. The molecule has 0 aromatic heterocycles. The summed E-state index contributed by atoms with van der Waals surface area (Å²) in [5.41, 5.74) is 2.67. The monoisotopic (exact) mass is 215 g/mol. The zero-order chi connectivity index (χ0) is 11.4. The lowest BCUT2D eigenvalue weighted by Crippen LogP contribution is -2.21. The second-order valence-corrected chi connectivity index (χ2v) is 4.97. The number of anilines is 1. The van der Waals surface area contributed by atoms with Crippen molar-refractivity contribution in [1.29, 1.82) is 0 Å². The Morgan fingerprint density at radius 1 is 1.31 bits per heavy atom. The maximum Gasteiger partial charge on any atom is 0.0342 e. The van der Waals surface area contributed by atoms with Crippen LogP contribution in [0.5, 0.6) is 0 Å². The van der Waals surface area contributed by atoms with E-state index in [-0.39, 0.29) is 0 Å². The maximum atomic E-state index is 3.65. The van der Waals surface area contributed by atoms with Crippen molar-refractivity contribution in [2.75, 3.05) is 5.32 Å². The molecule has 1 aliphatic carbocycles. The smallest absolute Gasteiger partial charge is 0.0342 e. The lowest BCUT2D eigenvalue weighted by Gasteiger charge is -2.18. The van der Waals surface area contributed by atoms with Crippen molar-refractivity contribution < 1.29 is 0 Å². The molecule has 0 aliphatic heterocycles. The SMILES string of the molecule is CC(C)=CCC(Nc1ccccc1)C1CC1. The lowest BCUT2D eigenvalue weighted by molar-refractivity contribution is 0.642. The first kappa shape index (κ1) is 11.3. The zero-order valence-corrected chi connectivity index (χ0v) is 10.2. The summed E-state index contributed by atoms with van der Waals surface area (Å²) in [7, 11) is 0. The fourth-order valence-corrected chi connectivity index (χ4v) is 1.98. The van der Waals surface area contributed by atoms with Gasteiger partial charge in [0.05, 0.1) is 0 Å². The van der Waals surface area contributed by atoms with Crippen LogP contribution in [0.15, 0.2) is 42.0 Å². The van der Waals surface area contributed by atoms with E-state index in [4.69, 9.17) is 0 Å². The van der Waals surface area contributed by atoms with Crippen molar-refractivity contribution in [3.8, 4) is 0 Å². The van der Waals surface area contributed by atoms with E-state index in [1.54, 1.807) is 0 Å². The molecule has 1 heteroatoms. The van der Waals surface area contributed by atoms with Crippen molar-refractivity contribution in [2.45, 2.75) is 39.2 Å². The minimum Gasteiger partial charge on any atom is -0.382 e. The van der Waals surface area contributed by atoms with E-state index in [9.17, 15) is 0 Å². The second kappa shape index (κ2) is 5.20. The molecule has 0 heterocycles. The van der Waals surface area contributed by atoms with E-state index < -0.39 is 0 Å². The van der Waals surface area contributed by atoms with Gasteiger partial charge in [0.25, 0.3) is 0 Å². The highest BCUT2D eigenvalue weighted by Gasteiger charge is 2.30. The van der Waals surface area contributed by atoms with Gasteiger partial charge in [0.15, 0.2) is 0 Å². The van der Waals surface area contributed by atoms with Gasteiger partial charge >= 0.3 is 0 Å². The number of hydrogen-bond acceptors (Lipinski definition) is 1. The van der Waals surface area contributed by atoms with Gasteiger partial charge in [-0.2, -0.15) is 0 Å². The Balaban J connectivity index is 1.95. The molecule has 86 valence electrons. The van der Waals surface area contributed by atoms with Gasteiger partial charge in [0.1, 0.15) is 0 Å². The minimum absolute atomic E-state index is 0.622. The molecular weight excluding hydrogens is 194 g/mol. The highest BCUT2D eigenvalue weighted by Crippen LogP contribution is 2.36. The summed E-state index contributed by atoms with van der Waals surface area (Å²) in [4.78, 5) is 0. The molecule has 0 radical (unpaired) electrons. The Bertz CT molecular complexity index is 345. The molecule has 1 aromatic carbocycles. The number of para-hydroxylation sites is 1. The van der Waals surface area contributed by atoms with Crippen LogP contribution in [0.3, 0.4) is 0 Å². The normalized spacial score (nSPS) is 16.6. The van der Waals surface area contributed by atoms with Gasteiger partial charge in [-0.05, 0) is 51.2 Å². The van der Waals surface area contributed by atoms with Crippen LogP contribution >= 0.6 is 0 Å². The zero-order valence-electron chi connectivity index (χ0n) is 10.2. The summed E-state index contributed by atoms with van der Waals surface area (Å²) in [5.74, 6) is 0.885. The van der Waals surface area contributed by atoms with Crippen molar-refractivity contribution in [1.82, 2.24) is 0 Å². The highest BCUT2D eigenvalue weighted by atomic mass is 14.9. The Morgan fingerprint density at radius 3 is 2.56 bits per heavy atom. The van der Waals surface area contributed by atoms with Crippen LogP contribution < -0.4 is 5.32 Å². The number of nitrogens with one attached hydrogen (secondary N) is 1.